The third kappa shape index (κ3) is 5.51. The maximum Gasteiger partial charge on any atom is 0.221 e. The van der Waals surface area contributed by atoms with E-state index < -0.39 is 11.5 Å². The lowest BCUT2D eigenvalue weighted by molar-refractivity contribution is 0.235. The molecule has 140 valence electrons. The van der Waals surface area contributed by atoms with E-state index in [1.54, 1.807) is 12.1 Å². The third-order valence-corrected chi connectivity index (χ3v) is 5.47. The zero-order chi connectivity index (χ0) is 19.2. The molecule has 2 aromatic carbocycles. The summed E-state index contributed by atoms with van der Waals surface area (Å²) in [5, 5.41) is -0.0785. The number of imidazole rings is 1. The minimum Gasteiger partial charge on any atom is -0.474 e. The molecule has 0 saturated carbocycles. The first-order valence-corrected chi connectivity index (χ1v) is 9.64. The molecule has 1 heterocycles. The summed E-state index contributed by atoms with van der Waals surface area (Å²) in [4.78, 5) is 3.87. The zero-order valence-electron chi connectivity index (χ0n) is 14.0. The van der Waals surface area contributed by atoms with E-state index in [1.165, 1.54) is 47.6 Å². The van der Waals surface area contributed by atoms with Crippen molar-refractivity contribution in [2.75, 3.05) is 0 Å². The Morgan fingerprint density at radius 3 is 2.52 bits per heavy atom. The van der Waals surface area contributed by atoms with Gasteiger partial charge in [-0.1, -0.05) is 47.6 Å². The van der Waals surface area contributed by atoms with Crippen LogP contribution in [0.1, 0.15) is 22.7 Å². The van der Waals surface area contributed by atoms with Gasteiger partial charge in [-0.25, -0.2) is 13.8 Å². The molecular weight excluding hydrogens is 410 g/mol. The molecule has 0 bridgehead atoms. The predicted molar refractivity (Wildman–Crippen MR) is 108 cm³/mol. The Hall–Kier alpha value is -1.96. The second kappa shape index (κ2) is 9.30. The molecule has 8 heteroatoms. The minimum absolute atomic E-state index is 0.196. The van der Waals surface area contributed by atoms with Crippen LogP contribution in [0.4, 0.5) is 8.78 Å². The van der Waals surface area contributed by atoms with Crippen LogP contribution in [0.3, 0.4) is 0 Å². The van der Waals surface area contributed by atoms with Gasteiger partial charge in [-0.15, -0.1) is 0 Å². The third-order valence-electron chi connectivity index (χ3n) is 3.75. The summed E-state index contributed by atoms with van der Waals surface area (Å²) < 4.78 is 35.4. The van der Waals surface area contributed by atoms with E-state index in [1.807, 2.05) is 12.1 Å². The van der Waals surface area contributed by atoms with E-state index in [2.05, 4.69) is 4.98 Å². The first kappa shape index (κ1) is 19.8. The molecule has 2 unspecified atom stereocenters. The SMILES string of the molecule is Fc1ccc(C(SC(=S)OCc2ccc(Cl)cc2)C(F)n2ccnc2)cc1. The van der Waals surface area contributed by atoms with Gasteiger partial charge in [0.05, 0.1) is 11.6 Å². The van der Waals surface area contributed by atoms with Crippen LogP contribution in [0.25, 0.3) is 0 Å². The smallest absolute Gasteiger partial charge is 0.221 e. The van der Waals surface area contributed by atoms with E-state index in [-0.39, 0.29) is 16.8 Å². The van der Waals surface area contributed by atoms with Crippen molar-refractivity contribution >= 4 is 40.0 Å². The van der Waals surface area contributed by atoms with Gasteiger partial charge < -0.3 is 9.30 Å². The van der Waals surface area contributed by atoms with Crippen LogP contribution in [0.15, 0.2) is 67.3 Å². The molecule has 3 aromatic rings. The highest BCUT2D eigenvalue weighted by atomic mass is 35.5. The van der Waals surface area contributed by atoms with Crippen LogP contribution in [0.5, 0.6) is 0 Å². The molecule has 0 aliphatic heterocycles. The Balaban J connectivity index is 1.71. The summed E-state index contributed by atoms with van der Waals surface area (Å²) in [5.41, 5.74) is 1.49. The number of thioether (sulfide) groups is 1. The van der Waals surface area contributed by atoms with Crippen molar-refractivity contribution in [3.05, 3.63) is 89.2 Å². The van der Waals surface area contributed by atoms with Crippen LogP contribution < -0.4 is 0 Å². The number of ether oxygens (including phenoxy) is 1. The first-order valence-electron chi connectivity index (χ1n) is 7.98. The number of aromatic nitrogens is 2. The molecule has 3 nitrogen and oxygen atoms in total. The molecule has 0 saturated heterocycles. The Morgan fingerprint density at radius 1 is 1.19 bits per heavy atom. The number of hydrogen-bond donors (Lipinski definition) is 0. The summed E-state index contributed by atoms with van der Waals surface area (Å²) in [5.74, 6) is -0.387. The number of halogens is 3. The van der Waals surface area contributed by atoms with Gasteiger partial charge in [0.25, 0.3) is 0 Å². The average Bonchev–Trinajstić information content (AvgIpc) is 3.21. The molecule has 0 fully saturated rings. The van der Waals surface area contributed by atoms with Gasteiger partial charge in [0, 0.05) is 17.4 Å². The molecule has 1 aromatic heterocycles. The second-order valence-corrected chi connectivity index (χ2v) is 7.82. The number of benzene rings is 2. The summed E-state index contributed by atoms with van der Waals surface area (Å²) >= 11 is 12.2. The van der Waals surface area contributed by atoms with Gasteiger partial charge in [-0.2, -0.15) is 0 Å². The predicted octanol–water partition coefficient (Wildman–Crippen LogP) is 6.12. The number of alkyl halides is 1. The minimum atomic E-state index is -1.44. The lowest BCUT2D eigenvalue weighted by atomic mass is 10.1. The Labute approximate surface area is 170 Å². The average molecular weight is 425 g/mol. The van der Waals surface area contributed by atoms with Gasteiger partial charge in [0.15, 0.2) is 6.30 Å². The molecule has 0 spiro atoms. The first-order chi connectivity index (χ1) is 13.0. The van der Waals surface area contributed by atoms with Gasteiger partial charge >= 0.3 is 0 Å². The summed E-state index contributed by atoms with van der Waals surface area (Å²) in [7, 11) is 0. The molecular formula is C19H15ClF2N2OS2. The Kier molecular flexibility index (Phi) is 6.82. The van der Waals surface area contributed by atoms with Crippen LogP contribution >= 0.6 is 35.6 Å². The van der Waals surface area contributed by atoms with Gasteiger partial charge in [-0.3, -0.25) is 0 Å². The van der Waals surface area contributed by atoms with Crippen LogP contribution in [-0.4, -0.2) is 13.9 Å². The zero-order valence-corrected chi connectivity index (χ0v) is 16.4. The lowest BCUT2D eigenvalue weighted by Gasteiger charge is -2.22. The van der Waals surface area contributed by atoms with Crippen LogP contribution in [-0.2, 0) is 11.3 Å². The van der Waals surface area contributed by atoms with Crippen molar-refractivity contribution < 1.29 is 13.5 Å². The number of nitrogens with zero attached hydrogens (tertiary/aromatic N) is 2. The normalized spacial score (nSPS) is 13.1. The Bertz CT molecular complexity index is 874. The van der Waals surface area contributed by atoms with Crippen molar-refractivity contribution in [1.82, 2.24) is 9.55 Å². The lowest BCUT2D eigenvalue weighted by Crippen LogP contribution is -2.13. The molecule has 0 radical (unpaired) electrons. The van der Waals surface area contributed by atoms with E-state index in [9.17, 15) is 4.39 Å². The van der Waals surface area contributed by atoms with Crippen LogP contribution in [0, 0.1) is 5.82 Å². The van der Waals surface area contributed by atoms with Crippen LogP contribution in [0.2, 0.25) is 5.02 Å². The quantitative estimate of drug-likeness (QED) is 0.445. The highest BCUT2D eigenvalue weighted by molar-refractivity contribution is 8.22. The Morgan fingerprint density at radius 2 is 1.89 bits per heavy atom. The summed E-state index contributed by atoms with van der Waals surface area (Å²) in [6.07, 6.45) is 2.97. The van der Waals surface area contributed by atoms with Crippen molar-refractivity contribution in [3.8, 4) is 0 Å². The number of rotatable bonds is 6. The van der Waals surface area contributed by atoms with Crippen molar-refractivity contribution in [2.45, 2.75) is 18.2 Å². The van der Waals surface area contributed by atoms with E-state index in [0.29, 0.717) is 10.6 Å². The summed E-state index contributed by atoms with van der Waals surface area (Å²) in [6.45, 7) is 0.251. The van der Waals surface area contributed by atoms with Gasteiger partial charge in [0.2, 0.25) is 4.38 Å². The molecule has 27 heavy (non-hydrogen) atoms. The molecule has 0 aliphatic carbocycles. The maximum atomic E-state index is 15.1. The van der Waals surface area contributed by atoms with Crippen molar-refractivity contribution in [3.63, 3.8) is 0 Å². The fraction of sp³-hybridized carbons (Fsp3) is 0.158. The maximum absolute atomic E-state index is 15.1. The monoisotopic (exact) mass is 424 g/mol. The molecule has 3 rings (SSSR count). The highest BCUT2D eigenvalue weighted by Gasteiger charge is 2.27. The molecule has 2 atom stereocenters. The molecule has 0 amide bonds. The van der Waals surface area contributed by atoms with E-state index in [0.717, 1.165) is 17.3 Å². The standard InChI is InChI=1S/C19H15ClF2N2OS2/c20-15-5-1-13(2-6-15)11-25-19(26)27-17(14-3-7-16(21)8-4-14)18(22)24-10-9-23-12-24/h1-10,12,17-18H,11H2. The van der Waals surface area contributed by atoms with Crippen molar-refractivity contribution in [1.29, 1.82) is 0 Å². The number of hydrogen-bond acceptors (Lipinski definition) is 4. The highest BCUT2D eigenvalue weighted by Crippen LogP contribution is 2.40. The summed E-state index contributed by atoms with van der Waals surface area (Å²) in [6, 6.07) is 12.8. The van der Waals surface area contributed by atoms with Gasteiger partial charge in [-0.05, 0) is 47.6 Å². The van der Waals surface area contributed by atoms with E-state index >= 15 is 4.39 Å². The van der Waals surface area contributed by atoms with Gasteiger partial charge in [0.1, 0.15) is 12.4 Å². The molecule has 0 aliphatic rings. The topological polar surface area (TPSA) is 27.1 Å². The molecule has 0 N–H and O–H groups in total. The number of thiocarbonyl (C=S) groups is 1. The second-order valence-electron chi connectivity index (χ2n) is 5.64. The van der Waals surface area contributed by atoms with E-state index in [4.69, 9.17) is 28.6 Å². The van der Waals surface area contributed by atoms with Crippen molar-refractivity contribution in [2.24, 2.45) is 0 Å². The fourth-order valence-corrected chi connectivity index (χ4v) is 3.74. The largest absolute Gasteiger partial charge is 0.474 e. The fourth-order valence-electron chi connectivity index (χ4n) is 2.37.